The molecule has 0 atom stereocenters. The molecule has 3 rings (SSSR count). The Labute approximate surface area is 124 Å². The van der Waals surface area contributed by atoms with Gasteiger partial charge in [-0.05, 0) is 24.3 Å². The maximum absolute atomic E-state index is 11.5. The summed E-state index contributed by atoms with van der Waals surface area (Å²) in [4.78, 5) is 21.0. The van der Waals surface area contributed by atoms with E-state index < -0.39 is 5.97 Å². The third-order valence-electron chi connectivity index (χ3n) is 2.76. The Morgan fingerprint density at radius 2 is 2.20 bits per heavy atom. The molecule has 0 saturated heterocycles. The number of ether oxygens (including phenoxy) is 1. The zero-order valence-corrected chi connectivity index (χ0v) is 12.0. The SMILES string of the molecule is COC(=O)c1cccc(-c2cc3nccc(Cl)c3s2)n1. The summed E-state index contributed by atoms with van der Waals surface area (Å²) < 4.78 is 5.59. The highest BCUT2D eigenvalue weighted by atomic mass is 35.5. The average molecular weight is 305 g/mol. The lowest BCUT2D eigenvalue weighted by Crippen LogP contribution is -2.04. The fourth-order valence-corrected chi connectivity index (χ4v) is 3.08. The van der Waals surface area contributed by atoms with Gasteiger partial charge in [-0.1, -0.05) is 17.7 Å². The number of halogens is 1. The van der Waals surface area contributed by atoms with E-state index in [9.17, 15) is 4.79 Å². The third-order valence-corrected chi connectivity index (χ3v) is 4.37. The highest BCUT2D eigenvalue weighted by Crippen LogP contribution is 2.35. The van der Waals surface area contributed by atoms with E-state index >= 15 is 0 Å². The van der Waals surface area contributed by atoms with Gasteiger partial charge in [0.25, 0.3) is 0 Å². The predicted molar refractivity (Wildman–Crippen MR) is 79.2 cm³/mol. The minimum absolute atomic E-state index is 0.279. The van der Waals surface area contributed by atoms with Crippen LogP contribution in [0.2, 0.25) is 5.02 Å². The molecule has 0 radical (unpaired) electrons. The van der Waals surface area contributed by atoms with Crippen molar-refractivity contribution in [3.63, 3.8) is 0 Å². The van der Waals surface area contributed by atoms with Gasteiger partial charge in [-0.3, -0.25) is 4.98 Å². The normalized spacial score (nSPS) is 10.7. The molecule has 0 N–H and O–H groups in total. The van der Waals surface area contributed by atoms with Crippen LogP contribution in [0.3, 0.4) is 0 Å². The van der Waals surface area contributed by atoms with Crippen LogP contribution < -0.4 is 0 Å². The topological polar surface area (TPSA) is 52.1 Å². The van der Waals surface area contributed by atoms with Crippen molar-refractivity contribution in [1.29, 1.82) is 0 Å². The molecular formula is C14H9ClN2O2S. The standard InChI is InChI=1S/C14H9ClN2O2S/c1-19-14(18)10-4-2-3-9(17-10)12-7-11-13(20-12)8(15)5-6-16-11/h2-7H,1H3. The summed E-state index contributed by atoms with van der Waals surface area (Å²) in [6.45, 7) is 0. The molecule has 0 aliphatic heterocycles. The number of carbonyl (C=O) groups excluding carboxylic acids is 1. The van der Waals surface area contributed by atoms with E-state index in [4.69, 9.17) is 11.6 Å². The number of hydrogen-bond acceptors (Lipinski definition) is 5. The highest BCUT2D eigenvalue weighted by molar-refractivity contribution is 7.22. The largest absolute Gasteiger partial charge is 0.464 e. The summed E-state index contributed by atoms with van der Waals surface area (Å²) in [5.74, 6) is -0.455. The molecule has 0 aromatic carbocycles. The van der Waals surface area contributed by atoms with Crippen LogP contribution in [-0.4, -0.2) is 23.0 Å². The Kier molecular flexibility index (Phi) is 3.38. The Bertz CT molecular complexity index is 801. The summed E-state index contributed by atoms with van der Waals surface area (Å²) in [6.07, 6.45) is 1.67. The molecule has 0 fully saturated rings. The van der Waals surface area contributed by atoms with Crippen molar-refractivity contribution in [3.8, 4) is 10.6 Å². The molecule has 3 heterocycles. The first-order valence-electron chi connectivity index (χ1n) is 5.79. The quantitative estimate of drug-likeness (QED) is 0.676. The number of aromatic nitrogens is 2. The molecule has 0 bridgehead atoms. The van der Waals surface area contributed by atoms with Crippen LogP contribution in [-0.2, 0) is 4.74 Å². The van der Waals surface area contributed by atoms with Gasteiger partial charge in [0.2, 0.25) is 0 Å². The zero-order chi connectivity index (χ0) is 14.1. The fraction of sp³-hybridized carbons (Fsp3) is 0.0714. The Morgan fingerprint density at radius 3 is 2.95 bits per heavy atom. The number of nitrogens with zero attached hydrogens (tertiary/aromatic N) is 2. The monoisotopic (exact) mass is 304 g/mol. The number of carbonyl (C=O) groups is 1. The average Bonchev–Trinajstić information content (AvgIpc) is 2.92. The van der Waals surface area contributed by atoms with E-state index in [0.717, 1.165) is 15.1 Å². The number of methoxy groups -OCH3 is 1. The summed E-state index contributed by atoms with van der Waals surface area (Å²) in [7, 11) is 1.33. The lowest BCUT2D eigenvalue weighted by Gasteiger charge is -2.00. The first-order chi connectivity index (χ1) is 9.69. The fourth-order valence-electron chi connectivity index (χ4n) is 1.82. The third kappa shape index (κ3) is 2.26. The number of thiophene rings is 1. The zero-order valence-electron chi connectivity index (χ0n) is 10.5. The molecule has 6 heteroatoms. The van der Waals surface area contributed by atoms with Crippen LogP contribution in [0.4, 0.5) is 0 Å². The molecule has 100 valence electrons. The Balaban J connectivity index is 2.11. The molecule has 3 aromatic heterocycles. The maximum Gasteiger partial charge on any atom is 0.356 e. The molecule has 4 nitrogen and oxygen atoms in total. The van der Waals surface area contributed by atoms with Crippen LogP contribution in [0.1, 0.15) is 10.5 Å². The molecule has 0 aliphatic rings. The lowest BCUT2D eigenvalue weighted by atomic mass is 10.2. The number of rotatable bonds is 2. The van der Waals surface area contributed by atoms with Crippen molar-refractivity contribution in [2.75, 3.05) is 7.11 Å². The van der Waals surface area contributed by atoms with Crippen molar-refractivity contribution in [2.45, 2.75) is 0 Å². The van der Waals surface area contributed by atoms with Crippen LogP contribution >= 0.6 is 22.9 Å². The van der Waals surface area contributed by atoms with E-state index in [2.05, 4.69) is 14.7 Å². The van der Waals surface area contributed by atoms with Crippen LogP contribution in [0.5, 0.6) is 0 Å². The maximum atomic E-state index is 11.5. The Morgan fingerprint density at radius 1 is 1.35 bits per heavy atom. The first kappa shape index (κ1) is 13.0. The van der Waals surface area contributed by atoms with Gasteiger partial charge in [0.1, 0.15) is 5.69 Å². The van der Waals surface area contributed by atoms with Gasteiger partial charge in [0, 0.05) is 6.20 Å². The predicted octanol–water partition coefficient (Wildman–Crippen LogP) is 3.80. The smallest absolute Gasteiger partial charge is 0.356 e. The van der Waals surface area contributed by atoms with Gasteiger partial charge < -0.3 is 4.74 Å². The van der Waals surface area contributed by atoms with Crippen LogP contribution in [0.15, 0.2) is 36.5 Å². The van der Waals surface area contributed by atoms with E-state index in [-0.39, 0.29) is 5.69 Å². The van der Waals surface area contributed by atoms with E-state index in [1.165, 1.54) is 18.4 Å². The lowest BCUT2D eigenvalue weighted by molar-refractivity contribution is 0.0594. The summed E-state index contributed by atoms with van der Waals surface area (Å²) >= 11 is 7.63. The van der Waals surface area contributed by atoms with Gasteiger partial charge >= 0.3 is 5.97 Å². The van der Waals surface area contributed by atoms with Crippen molar-refractivity contribution < 1.29 is 9.53 Å². The first-order valence-corrected chi connectivity index (χ1v) is 6.98. The molecule has 0 spiro atoms. The van der Waals surface area contributed by atoms with E-state index in [1.54, 1.807) is 24.4 Å². The second-order valence-electron chi connectivity index (χ2n) is 4.02. The molecular weight excluding hydrogens is 296 g/mol. The van der Waals surface area contributed by atoms with E-state index in [1.807, 2.05) is 12.1 Å². The molecule has 0 aliphatic carbocycles. The summed E-state index contributed by atoms with van der Waals surface area (Å²) in [5.41, 5.74) is 1.80. The van der Waals surface area contributed by atoms with Crippen molar-refractivity contribution in [1.82, 2.24) is 9.97 Å². The van der Waals surface area contributed by atoms with Gasteiger partial charge in [0.15, 0.2) is 0 Å². The van der Waals surface area contributed by atoms with Crippen molar-refractivity contribution in [2.24, 2.45) is 0 Å². The minimum atomic E-state index is -0.455. The van der Waals surface area contributed by atoms with E-state index in [0.29, 0.717) is 10.7 Å². The van der Waals surface area contributed by atoms with Gasteiger partial charge in [-0.2, -0.15) is 0 Å². The molecule has 3 aromatic rings. The minimum Gasteiger partial charge on any atom is -0.464 e. The van der Waals surface area contributed by atoms with Crippen LogP contribution in [0.25, 0.3) is 20.8 Å². The summed E-state index contributed by atoms with van der Waals surface area (Å²) in [6, 6.07) is 8.89. The van der Waals surface area contributed by atoms with Gasteiger partial charge in [-0.15, -0.1) is 11.3 Å². The van der Waals surface area contributed by atoms with Gasteiger partial charge in [-0.25, -0.2) is 9.78 Å². The van der Waals surface area contributed by atoms with Crippen molar-refractivity contribution in [3.05, 3.63) is 47.2 Å². The second kappa shape index (κ2) is 5.19. The molecule has 20 heavy (non-hydrogen) atoms. The number of pyridine rings is 2. The number of fused-ring (bicyclic) bond motifs is 1. The van der Waals surface area contributed by atoms with Crippen LogP contribution in [0, 0.1) is 0 Å². The number of esters is 1. The molecule has 0 unspecified atom stereocenters. The highest BCUT2D eigenvalue weighted by Gasteiger charge is 2.12. The van der Waals surface area contributed by atoms with Crippen molar-refractivity contribution >= 4 is 39.1 Å². The second-order valence-corrected chi connectivity index (χ2v) is 5.48. The molecule has 0 saturated carbocycles. The van der Waals surface area contributed by atoms with Gasteiger partial charge in [0.05, 0.1) is 32.9 Å². The summed E-state index contributed by atoms with van der Waals surface area (Å²) in [5, 5.41) is 0.662. The molecule has 0 amide bonds. The number of hydrogen-bond donors (Lipinski definition) is 0. The Hall–Kier alpha value is -1.98.